The minimum absolute atomic E-state index is 0.121. The largest absolute Gasteiger partial charge is 0.452 e. The molecular formula is C19H16ClF3N2O5S. The van der Waals surface area contributed by atoms with Crippen molar-refractivity contribution in [1.82, 2.24) is 5.32 Å². The second-order valence-electron chi connectivity index (χ2n) is 6.57. The van der Waals surface area contributed by atoms with E-state index in [2.05, 4.69) is 4.74 Å². The van der Waals surface area contributed by atoms with Gasteiger partial charge < -0.3 is 10.1 Å². The van der Waals surface area contributed by atoms with Crippen LogP contribution in [-0.2, 0) is 26.0 Å². The van der Waals surface area contributed by atoms with Gasteiger partial charge in [-0.1, -0.05) is 29.8 Å². The van der Waals surface area contributed by atoms with Crippen molar-refractivity contribution in [3.05, 3.63) is 58.6 Å². The highest BCUT2D eigenvalue weighted by molar-refractivity contribution is 7.93. The van der Waals surface area contributed by atoms with E-state index >= 15 is 0 Å². The molecule has 0 atom stereocenters. The van der Waals surface area contributed by atoms with Crippen LogP contribution in [0.15, 0.2) is 47.4 Å². The van der Waals surface area contributed by atoms with Gasteiger partial charge in [0, 0.05) is 6.54 Å². The maximum atomic E-state index is 13.2. The fraction of sp³-hybridized carbons (Fsp3) is 0.263. The molecule has 0 saturated heterocycles. The van der Waals surface area contributed by atoms with Crippen LogP contribution in [0.5, 0.6) is 0 Å². The van der Waals surface area contributed by atoms with Crippen LogP contribution in [0.4, 0.5) is 18.9 Å². The normalized spacial score (nSPS) is 13.6. The Kier molecular flexibility index (Phi) is 6.46. The van der Waals surface area contributed by atoms with E-state index in [1.165, 1.54) is 16.4 Å². The zero-order chi connectivity index (χ0) is 22.8. The van der Waals surface area contributed by atoms with Gasteiger partial charge in [0.05, 0.1) is 16.3 Å². The van der Waals surface area contributed by atoms with E-state index in [4.69, 9.17) is 11.6 Å². The number of sulfonamides is 1. The summed E-state index contributed by atoms with van der Waals surface area (Å²) < 4.78 is 68.5. The molecule has 12 heteroatoms. The Labute approximate surface area is 180 Å². The summed E-state index contributed by atoms with van der Waals surface area (Å²) in [5, 5.41) is 1.43. The van der Waals surface area contributed by atoms with Crippen molar-refractivity contribution in [3.8, 4) is 0 Å². The van der Waals surface area contributed by atoms with Gasteiger partial charge in [-0.2, -0.15) is 13.2 Å². The van der Waals surface area contributed by atoms with E-state index in [0.29, 0.717) is 12.1 Å². The van der Waals surface area contributed by atoms with Gasteiger partial charge in [0.2, 0.25) is 0 Å². The van der Waals surface area contributed by atoms with Crippen LogP contribution < -0.4 is 9.62 Å². The molecule has 31 heavy (non-hydrogen) atoms. The van der Waals surface area contributed by atoms with Crippen LogP contribution in [0.3, 0.4) is 0 Å². The highest BCUT2D eigenvalue weighted by Crippen LogP contribution is 2.35. The summed E-state index contributed by atoms with van der Waals surface area (Å²) in [4.78, 5) is 23.2. The second kappa shape index (κ2) is 8.75. The molecule has 0 unspecified atom stereocenters. The van der Waals surface area contributed by atoms with E-state index < -0.39 is 41.2 Å². The number of halogens is 4. The first kappa shape index (κ1) is 22.9. The Morgan fingerprint density at radius 2 is 1.87 bits per heavy atom. The lowest BCUT2D eigenvalue weighted by atomic mass is 10.2. The molecule has 0 aliphatic carbocycles. The highest BCUT2D eigenvalue weighted by atomic mass is 35.5. The molecule has 0 aromatic heterocycles. The molecule has 3 rings (SSSR count). The molecule has 1 amide bonds. The molecule has 1 aliphatic rings. The van der Waals surface area contributed by atoms with Gasteiger partial charge in [0.15, 0.2) is 6.61 Å². The summed E-state index contributed by atoms with van der Waals surface area (Å²) in [7, 11) is -4.11. The second-order valence-corrected chi connectivity index (χ2v) is 8.81. The molecule has 2 aromatic carbocycles. The maximum Gasteiger partial charge on any atom is 0.405 e. The number of alkyl halides is 3. The number of anilines is 1. The van der Waals surface area contributed by atoms with Crippen LogP contribution in [-0.4, -0.2) is 46.2 Å². The van der Waals surface area contributed by atoms with Crippen molar-refractivity contribution in [2.75, 3.05) is 24.0 Å². The summed E-state index contributed by atoms with van der Waals surface area (Å²) in [6.07, 6.45) is -4.09. The number of fused-ring (bicyclic) bond motifs is 1. The SMILES string of the molecule is O=C(COC(=O)c1ccc(Cl)c(S(=O)(=O)N2CCc3ccccc32)c1)NCC(F)(F)F. The molecule has 2 aromatic rings. The molecule has 0 fully saturated rings. The molecule has 0 saturated carbocycles. The Bertz CT molecular complexity index is 1120. The number of carbonyl (C=O) groups excluding carboxylic acids is 2. The third kappa shape index (κ3) is 5.28. The number of carbonyl (C=O) groups is 2. The van der Waals surface area contributed by atoms with Gasteiger partial charge in [-0.25, -0.2) is 13.2 Å². The lowest BCUT2D eigenvalue weighted by molar-refractivity contribution is -0.140. The zero-order valence-electron chi connectivity index (χ0n) is 15.8. The number of amides is 1. The molecule has 0 spiro atoms. The summed E-state index contributed by atoms with van der Waals surface area (Å²) >= 11 is 6.07. The number of hydrogen-bond acceptors (Lipinski definition) is 5. The van der Waals surface area contributed by atoms with Crippen molar-refractivity contribution < 1.29 is 35.9 Å². The number of esters is 1. The summed E-state index contributed by atoms with van der Waals surface area (Å²) in [6.45, 7) is -2.32. The van der Waals surface area contributed by atoms with Crippen molar-refractivity contribution in [2.45, 2.75) is 17.5 Å². The lowest BCUT2D eigenvalue weighted by Crippen LogP contribution is -2.36. The maximum absolute atomic E-state index is 13.2. The average Bonchev–Trinajstić information content (AvgIpc) is 3.15. The standard InChI is InChI=1S/C19H16ClF3N2O5S/c20-14-6-5-13(18(27)30-10-17(26)24-11-19(21,22)23)9-16(14)31(28,29)25-8-7-12-3-1-2-4-15(12)25/h1-6,9H,7-8,10-11H2,(H,24,26). The van der Waals surface area contributed by atoms with Crippen molar-refractivity contribution >= 4 is 39.2 Å². The topological polar surface area (TPSA) is 92.8 Å². The number of nitrogens with zero attached hydrogens (tertiary/aromatic N) is 1. The number of nitrogens with one attached hydrogen (secondary N) is 1. The first-order valence-electron chi connectivity index (χ1n) is 8.90. The molecule has 0 bridgehead atoms. The summed E-state index contributed by atoms with van der Waals surface area (Å²) in [6, 6.07) is 10.4. The summed E-state index contributed by atoms with van der Waals surface area (Å²) in [5.41, 5.74) is 1.13. The highest BCUT2D eigenvalue weighted by Gasteiger charge is 2.33. The number of benzene rings is 2. The number of rotatable bonds is 6. The van der Waals surface area contributed by atoms with Gasteiger partial charge in [-0.05, 0) is 36.2 Å². The lowest BCUT2D eigenvalue weighted by Gasteiger charge is -2.20. The molecule has 1 aliphatic heterocycles. The Morgan fingerprint density at radius 3 is 2.58 bits per heavy atom. The third-order valence-electron chi connectivity index (χ3n) is 4.40. The van der Waals surface area contributed by atoms with Crippen molar-refractivity contribution in [1.29, 1.82) is 0 Å². The molecule has 1 N–H and O–H groups in total. The summed E-state index contributed by atoms with van der Waals surface area (Å²) in [5.74, 6) is -2.24. The van der Waals surface area contributed by atoms with Gasteiger partial charge in [-0.15, -0.1) is 0 Å². The fourth-order valence-electron chi connectivity index (χ4n) is 2.97. The number of para-hydroxylation sites is 1. The van der Waals surface area contributed by atoms with Crippen LogP contribution in [0, 0.1) is 0 Å². The van der Waals surface area contributed by atoms with Crippen LogP contribution >= 0.6 is 11.6 Å². The smallest absolute Gasteiger partial charge is 0.405 e. The Balaban J connectivity index is 1.76. The zero-order valence-corrected chi connectivity index (χ0v) is 17.4. The first-order valence-corrected chi connectivity index (χ1v) is 10.7. The molecule has 166 valence electrons. The fourth-order valence-corrected chi connectivity index (χ4v) is 4.98. The molecule has 1 heterocycles. The quantitative estimate of drug-likeness (QED) is 0.647. The predicted octanol–water partition coefficient (Wildman–Crippen LogP) is 2.93. The van der Waals surface area contributed by atoms with Crippen LogP contribution in [0.1, 0.15) is 15.9 Å². The third-order valence-corrected chi connectivity index (χ3v) is 6.69. The van der Waals surface area contributed by atoms with Gasteiger partial charge in [-0.3, -0.25) is 9.10 Å². The van der Waals surface area contributed by atoms with Gasteiger partial charge >= 0.3 is 12.1 Å². The Morgan fingerprint density at radius 1 is 1.16 bits per heavy atom. The average molecular weight is 477 g/mol. The van der Waals surface area contributed by atoms with E-state index in [9.17, 15) is 31.2 Å². The van der Waals surface area contributed by atoms with E-state index in [-0.39, 0.29) is 22.0 Å². The molecule has 7 nitrogen and oxygen atoms in total. The Hall–Kier alpha value is -2.79. The monoisotopic (exact) mass is 476 g/mol. The van der Waals surface area contributed by atoms with Crippen molar-refractivity contribution in [2.24, 2.45) is 0 Å². The van der Waals surface area contributed by atoms with E-state index in [1.54, 1.807) is 23.5 Å². The molecular weight excluding hydrogens is 461 g/mol. The molecule has 0 radical (unpaired) electrons. The van der Waals surface area contributed by atoms with E-state index in [1.807, 2.05) is 6.07 Å². The number of hydrogen-bond donors (Lipinski definition) is 1. The number of ether oxygens (including phenoxy) is 1. The minimum atomic E-state index is -4.60. The first-order chi connectivity index (χ1) is 14.5. The van der Waals surface area contributed by atoms with Gasteiger partial charge in [0.1, 0.15) is 11.4 Å². The van der Waals surface area contributed by atoms with Crippen LogP contribution in [0.2, 0.25) is 5.02 Å². The predicted molar refractivity (Wildman–Crippen MR) is 105 cm³/mol. The minimum Gasteiger partial charge on any atom is -0.452 e. The van der Waals surface area contributed by atoms with E-state index in [0.717, 1.165) is 11.6 Å². The van der Waals surface area contributed by atoms with Crippen molar-refractivity contribution in [3.63, 3.8) is 0 Å². The van der Waals surface area contributed by atoms with Crippen LogP contribution in [0.25, 0.3) is 0 Å². The van der Waals surface area contributed by atoms with Gasteiger partial charge in [0.25, 0.3) is 15.9 Å².